The first-order chi connectivity index (χ1) is 12.2. The van der Waals surface area contributed by atoms with Crippen LogP contribution in [0.1, 0.15) is 50.7 Å². The molecule has 1 aromatic carbocycles. The van der Waals surface area contributed by atoms with Crippen molar-refractivity contribution >= 4 is 5.96 Å². The van der Waals surface area contributed by atoms with E-state index < -0.39 is 0 Å². The maximum absolute atomic E-state index is 9.42. The van der Waals surface area contributed by atoms with Crippen LogP contribution in [0.15, 0.2) is 29.3 Å². The molecule has 0 spiro atoms. The minimum Gasteiger partial charge on any atom is -0.392 e. The van der Waals surface area contributed by atoms with Gasteiger partial charge in [-0.25, -0.2) is 4.99 Å². The second-order valence-corrected chi connectivity index (χ2v) is 6.78. The molecule has 0 amide bonds. The molecule has 25 heavy (non-hydrogen) atoms. The number of piperidine rings is 1. The van der Waals surface area contributed by atoms with Crippen molar-refractivity contribution < 1.29 is 5.11 Å². The number of hydrogen-bond donors (Lipinski definition) is 3. The van der Waals surface area contributed by atoms with Crippen LogP contribution in [-0.2, 0) is 13.2 Å². The zero-order chi connectivity index (χ0) is 17.9. The lowest BCUT2D eigenvalue weighted by molar-refractivity contribution is 0.159. The van der Waals surface area contributed by atoms with Crippen LogP contribution in [0.3, 0.4) is 0 Å². The monoisotopic (exact) mass is 346 g/mol. The summed E-state index contributed by atoms with van der Waals surface area (Å²) in [6.07, 6.45) is 5.18. The third-order valence-electron chi connectivity index (χ3n) is 4.90. The molecule has 1 aromatic rings. The molecule has 0 bridgehead atoms. The lowest BCUT2D eigenvalue weighted by Crippen LogP contribution is -2.41. The van der Waals surface area contributed by atoms with Gasteiger partial charge in [-0.2, -0.15) is 0 Å². The van der Waals surface area contributed by atoms with E-state index in [-0.39, 0.29) is 6.61 Å². The van der Waals surface area contributed by atoms with Gasteiger partial charge < -0.3 is 20.6 Å². The van der Waals surface area contributed by atoms with E-state index in [0.717, 1.165) is 49.2 Å². The minimum absolute atomic E-state index is 0.0592. The standard InChI is InChI=1S/C20H34N4O/c1-3-21-20(23-15-18-10-4-5-11-19(18)16-25)22-12-8-14-24-13-7-6-9-17(24)2/h4-5,10-11,17,25H,3,6-9,12-16H2,1-2H3,(H2,21,22,23). The lowest BCUT2D eigenvalue weighted by Gasteiger charge is -2.33. The molecule has 1 aliphatic heterocycles. The van der Waals surface area contributed by atoms with Crippen LogP contribution in [0.25, 0.3) is 0 Å². The highest BCUT2D eigenvalue weighted by Crippen LogP contribution is 2.16. The van der Waals surface area contributed by atoms with Gasteiger partial charge in [-0.3, -0.25) is 0 Å². The van der Waals surface area contributed by atoms with Crippen molar-refractivity contribution in [2.45, 2.75) is 58.7 Å². The molecule has 5 heteroatoms. The zero-order valence-electron chi connectivity index (χ0n) is 15.8. The molecular formula is C20H34N4O. The van der Waals surface area contributed by atoms with Crippen LogP contribution < -0.4 is 10.6 Å². The summed E-state index contributed by atoms with van der Waals surface area (Å²) in [5.74, 6) is 0.849. The Morgan fingerprint density at radius 3 is 2.76 bits per heavy atom. The minimum atomic E-state index is 0.0592. The SMILES string of the molecule is CCNC(=NCc1ccccc1CO)NCCCN1CCCCC1C. The number of aliphatic hydroxyl groups is 1. The normalized spacial score (nSPS) is 19.0. The Morgan fingerprint density at radius 1 is 1.24 bits per heavy atom. The molecule has 0 saturated carbocycles. The first-order valence-electron chi connectivity index (χ1n) is 9.68. The van der Waals surface area contributed by atoms with E-state index in [1.807, 2.05) is 24.3 Å². The third-order valence-corrected chi connectivity index (χ3v) is 4.90. The van der Waals surface area contributed by atoms with Crippen LogP contribution in [0.4, 0.5) is 0 Å². The lowest BCUT2D eigenvalue weighted by atomic mass is 10.0. The van der Waals surface area contributed by atoms with Gasteiger partial charge in [0.25, 0.3) is 0 Å². The van der Waals surface area contributed by atoms with Crippen molar-refractivity contribution in [3.63, 3.8) is 0 Å². The topological polar surface area (TPSA) is 59.9 Å². The highest BCUT2D eigenvalue weighted by Gasteiger charge is 2.17. The first kappa shape index (κ1) is 19.7. The number of nitrogens with one attached hydrogen (secondary N) is 2. The van der Waals surface area contributed by atoms with Crippen LogP contribution in [-0.4, -0.2) is 48.2 Å². The van der Waals surface area contributed by atoms with Gasteiger partial charge in [-0.05, 0) is 50.8 Å². The highest BCUT2D eigenvalue weighted by atomic mass is 16.3. The number of rotatable bonds is 8. The highest BCUT2D eigenvalue weighted by molar-refractivity contribution is 5.79. The summed E-state index contributed by atoms with van der Waals surface area (Å²) < 4.78 is 0. The summed E-state index contributed by atoms with van der Waals surface area (Å²) in [5.41, 5.74) is 2.02. The van der Waals surface area contributed by atoms with Crippen molar-refractivity contribution in [3.05, 3.63) is 35.4 Å². The summed E-state index contributed by atoms with van der Waals surface area (Å²) in [5, 5.41) is 16.2. The van der Waals surface area contributed by atoms with Crippen molar-refractivity contribution in [3.8, 4) is 0 Å². The van der Waals surface area contributed by atoms with Crippen molar-refractivity contribution in [1.82, 2.24) is 15.5 Å². The Morgan fingerprint density at radius 2 is 2.04 bits per heavy atom. The number of nitrogens with zero attached hydrogens (tertiary/aromatic N) is 2. The fourth-order valence-electron chi connectivity index (χ4n) is 3.35. The molecule has 3 N–H and O–H groups in total. The Balaban J connectivity index is 1.79. The number of hydrogen-bond acceptors (Lipinski definition) is 3. The first-order valence-corrected chi connectivity index (χ1v) is 9.68. The van der Waals surface area contributed by atoms with Crippen LogP contribution in [0, 0.1) is 0 Å². The van der Waals surface area contributed by atoms with Crippen LogP contribution >= 0.6 is 0 Å². The average Bonchev–Trinajstić information content (AvgIpc) is 2.64. The second kappa shape index (κ2) is 11.1. The molecule has 0 aliphatic carbocycles. The van der Waals surface area contributed by atoms with E-state index in [4.69, 9.17) is 0 Å². The van der Waals surface area contributed by atoms with E-state index in [2.05, 4.69) is 34.4 Å². The van der Waals surface area contributed by atoms with Gasteiger partial charge in [0.05, 0.1) is 13.2 Å². The molecule has 5 nitrogen and oxygen atoms in total. The van der Waals surface area contributed by atoms with Gasteiger partial charge in [0.15, 0.2) is 5.96 Å². The molecule has 1 heterocycles. The molecular weight excluding hydrogens is 312 g/mol. The van der Waals surface area contributed by atoms with E-state index in [1.54, 1.807) is 0 Å². The van der Waals surface area contributed by atoms with Crippen LogP contribution in [0.2, 0.25) is 0 Å². The number of aliphatic imine (C=N–C) groups is 1. The second-order valence-electron chi connectivity index (χ2n) is 6.78. The fraction of sp³-hybridized carbons (Fsp3) is 0.650. The summed E-state index contributed by atoms with van der Waals surface area (Å²) in [7, 11) is 0. The Bertz CT molecular complexity index is 532. The molecule has 0 radical (unpaired) electrons. The maximum Gasteiger partial charge on any atom is 0.191 e. The Kier molecular flexibility index (Phi) is 8.77. The smallest absolute Gasteiger partial charge is 0.191 e. The van der Waals surface area contributed by atoms with Gasteiger partial charge in [-0.1, -0.05) is 30.7 Å². The number of aliphatic hydroxyl groups excluding tert-OH is 1. The largest absolute Gasteiger partial charge is 0.392 e. The summed E-state index contributed by atoms with van der Waals surface area (Å²) in [6, 6.07) is 8.64. The number of benzene rings is 1. The number of guanidine groups is 1. The molecule has 2 rings (SSSR count). The summed E-state index contributed by atoms with van der Waals surface area (Å²) in [6.45, 7) is 9.23. The average molecular weight is 347 g/mol. The van der Waals surface area contributed by atoms with Crippen molar-refractivity contribution in [1.29, 1.82) is 0 Å². The van der Waals surface area contributed by atoms with Gasteiger partial charge in [-0.15, -0.1) is 0 Å². The zero-order valence-corrected chi connectivity index (χ0v) is 15.8. The van der Waals surface area contributed by atoms with E-state index in [1.165, 1.54) is 25.8 Å². The maximum atomic E-state index is 9.42. The predicted molar refractivity (Wildman–Crippen MR) is 105 cm³/mol. The summed E-state index contributed by atoms with van der Waals surface area (Å²) >= 11 is 0. The molecule has 1 unspecified atom stereocenters. The quantitative estimate of drug-likeness (QED) is 0.384. The predicted octanol–water partition coefficient (Wildman–Crippen LogP) is 2.50. The van der Waals surface area contributed by atoms with Crippen LogP contribution in [0.5, 0.6) is 0 Å². The van der Waals surface area contributed by atoms with E-state index >= 15 is 0 Å². The van der Waals surface area contributed by atoms with Gasteiger partial charge in [0, 0.05) is 25.7 Å². The Hall–Kier alpha value is -1.59. The van der Waals surface area contributed by atoms with Gasteiger partial charge in [0.1, 0.15) is 0 Å². The molecule has 140 valence electrons. The number of likely N-dealkylation sites (tertiary alicyclic amines) is 1. The van der Waals surface area contributed by atoms with E-state index in [0.29, 0.717) is 6.54 Å². The summed E-state index contributed by atoms with van der Waals surface area (Å²) in [4.78, 5) is 7.27. The fourth-order valence-corrected chi connectivity index (χ4v) is 3.35. The molecule has 0 aromatic heterocycles. The molecule has 1 atom stereocenters. The molecule has 1 saturated heterocycles. The van der Waals surface area contributed by atoms with Gasteiger partial charge >= 0.3 is 0 Å². The molecule has 1 fully saturated rings. The van der Waals surface area contributed by atoms with Crippen molar-refractivity contribution in [2.75, 3.05) is 26.2 Å². The Labute approximate surface area is 152 Å². The third kappa shape index (κ3) is 6.67. The molecule has 1 aliphatic rings. The van der Waals surface area contributed by atoms with E-state index in [9.17, 15) is 5.11 Å². The van der Waals surface area contributed by atoms with Gasteiger partial charge in [0.2, 0.25) is 0 Å². The van der Waals surface area contributed by atoms with Crippen molar-refractivity contribution in [2.24, 2.45) is 4.99 Å².